The Morgan fingerprint density at radius 2 is 1.63 bits per heavy atom. The molecule has 1 aliphatic heterocycles. The van der Waals surface area contributed by atoms with Gasteiger partial charge in [-0.3, -0.25) is 4.79 Å². The molecule has 0 radical (unpaired) electrons. The summed E-state index contributed by atoms with van der Waals surface area (Å²) in [6, 6.07) is 17.3. The van der Waals surface area contributed by atoms with Gasteiger partial charge in [0.05, 0.1) is 17.4 Å². The van der Waals surface area contributed by atoms with Gasteiger partial charge in [0, 0.05) is 25.7 Å². The third-order valence-electron chi connectivity index (χ3n) is 7.33. The molecule has 2 aromatic carbocycles. The lowest BCUT2D eigenvalue weighted by molar-refractivity contribution is -0.149. The highest BCUT2D eigenvalue weighted by Crippen LogP contribution is 2.39. The van der Waals surface area contributed by atoms with E-state index in [1.807, 2.05) is 30.3 Å². The number of hydrogen-bond acceptors (Lipinski definition) is 6. The van der Waals surface area contributed by atoms with Crippen LogP contribution in [0.15, 0.2) is 77.7 Å². The van der Waals surface area contributed by atoms with Crippen LogP contribution in [0.25, 0.3) is 0 Å². The first-order valence-corrected chi connectivity index (χ1v) is 14.6. The van der Waals surface area contributed by atoms with Gasteiger partial charge in [0.25, 0.3) is 0 Å². The second-order valence-electron chi connectivity index (χ2n) is 9.92. The Labute approximate surface area is 225 Å². The average molecular weight is 541 g/mol. The zero-order valence-electron chi connectivity index (χ0n) is 21.8. The van der Waals surface area contributed by atoms with E-state index in [0.717, 1.165) is 11.1 Å². The third kappa shape index (κ3) is 6.63. The largest absolute Gasteiger partial charge is 0.466 e. The van der Waals surface area contributed by atoms with Crippen LogP contribution >= 0.6 is 0 Å². The van der Waals surface area contributed by atoms with Crippen LogP contribution in [0.1, 0.15) is 38.2 Å². The van der Waals surface area contributed by atoms with Crippen molar-refractivity contribution in [2.45, 2.75) is 50.2 Å². The number of piperazine rings is 1. The number of carbonyl (C=O) groups excluding carboxylic acids is 2. The van der Waals surface area contributed by atoms with E-state index in [2.05, 4.69) is 6.58 Å². The normalized spacial score (nSPS) is 22.3. The van der Waals surface area contributed by atoms with Crippen molar-refractivity contribution in [1.82, 2.24) is 9.21 Å². The molecule has 2 fully saturated rings. The number of sulfonamides is 1. The number of ether oxygens (including phenoxy) is 2. The first-order chi connectivity index (χ1) is 18.3. The number of hydrogen-bond donors (Lipinski definition) is 0. The van der Waals surface area contributed by atoms with E-state index in [1.165, 1.54) is 4.31 Å². The van der Waals surface area contributed by atoms with E-state index >= 15 is 0 Å². The van der Waals surface area contributed by atoms with Gasteiger partial charge >= 0.3 is 12.1 Å². The summed E-state index contributed by atoms with van der Waals surface area (Å²) in [7, 11) is -3.77. The molecule has 1 amide bonds. The maximum atomic E-state index is 13.6. The van der Waals surface area contributed by atoms with Gasteiger partial charge in [-0.2, -0.15) is 4.31 Å². The van der Waals surface area contributed by atoms with Crippen LogP contribution in [0.5, 0.6) is 0 Å². The molecule has 2 aliphatic rings. The van der Waals surface area contributed by atoms with E-state index in [-0.39, 0.29) is 48.9 Å². The number of nitrogens with zero attached hydrogens (tertiary/aromatic N) is 2. The third-order valence-corrected chi connectivity index (χ3v) is 9.30. The Balaban J connectivity index is 1.49. The van der Waals surface area contributed by atoms with Crippen LogP contribution in [0.2, 0.25) is 0 Å². The topological polar surface area (TPSA) is 93.2 Å². The first kappa shape index (κ1) is 27.9. The predicted octanol–water partition coefficient (Wildman–Crippen LogP) is 4.62. The minimum atomic E-state index is -3.77. The fourth-order valence-corrected chi connectivity index (χ4v) is 7.06. The molecule has 2 unspecified atom stereocenters. The Morgan fingerprint density at radius 1 is 0.947 bits per heavy atom. The number of rotatable bonds is 9. The lowest BCUT2D eigenvalue weighted by Crippen LogP contribution is -2.56. The van der Waals surface area contributed by atoms with Gasteiger partial charge in [-0.1, -0.05) is 60.7 Å². The quantitative estimate of drug-likeness (QED) is 0.340. The Hall–Kier alpha value is -3.17. The molecule has 38 heavy (non-hydrogen) atoms. The minimum Gasteiger partial charge on any atom is -0.466 e. The molecule has 0 bridgehead atoms. The molecule has 1 saturated carbocycles. The van der Waals surface area contributed by atoms with Crippen LogP contribution < -0.4 is 0 Å². The fourth-order valence-electron chi connectivity index (χ4n) is 5.40. The SMILES string of the molecule is C=C1CC(CC[C@H]2CN(C(=O)OCc3ccccc3)CCN2S(=O)(=O)c2ccccc2)C(C(=O)OCC)C1. The number of allylic oxidation sites excluding steroid dienone is 1. The zero-order valence-corrected chi connectivity index (χ0v) is 22.6. The highest BCUT2D eigenvalue weighted by molar-refractivity contribution is 7.89. The van der Waals surface area contributed by atoms with Crippen LogP contribution in [-0.2, 0) is 30.9 Å². The number of esters is 1. The molecule has 3 atom stereocenters. The van der Waals surface area contributed by atoms with Crippen LogP contribution in [-0.4, -0.2) is 62.0 Å². The lowest BCUT2D eigenvalue weighted by atomic mass is 9.89. The summed E-state index contributed by atoms with van der Waals surface area (Å²) in [5, 5.41) is 0. The molecule has 0 aromatic heterocycles. The summed E-state index contributed by atoms with van der Waals surface area (Å²) in [6.45, 7) is 6.97. The van der Waals surface area contributed by atoms with Crippen LogP contribution in [0.3, 0.4) is 0 Å². The van der Waals surface area contributed by atoms with Gasteiger partial charge < -0.3 is 14.4 Å². The number of amides is 1. The molecular formula is C29H36N2O6S. The number of carbonyl (C=O) groups is 2. The van der Waals surface area contributed by atoms with E-state index in [9.17, 15) is 18.0 Å². The highest BCUT2D eigenvalue weighted by Gasteiger charge is 2.40. The molecule has 1 aliphatic carbocycles. The zero-order chi connectivity index (χ0) is 27.1. The van der Waals surface area contributed by atoms with Gasteiger partial charge in [0.15, 0.2) is 0 Å². The van der Waals surface area contributed by atoms with Gasteiger partial charge in [-0.25, -0.2) is 13.2 Å². The molecule has 4 rings (SSSR count). The van der Waals surface area contributed by atoms with E-state index in [0.29, 0.717) is 32.3 Å². The van der Waals surface area contributed by atoms with E-state index in [1.54, 1.807) is 42.2 Å². The summed E-state index contributed by atoms with van der Waals surface area (Å²) in [5.74, 6) is -0.458. The molecular weight excluding hydrogens is 504 g/mol. The van der Waals surface area contributed by atoms with Crippen molar-refractivity contribution < 1.29 is 27.5 Å². The van der Waals surface area contributed by atoms with Crippen LogP contribution in [0.4, 0.5) is 4.79 Å². The summed E-state index contributed by atoms with van der Waals surface area (Å²) >= 11 is 0. The summed E-state index contributed by atoms with van der Waals surface area (Å²) in [5.41, 5.74) is 1.89. The monoisotopic (exact) mass is 540 g/mol. The maximum absolute atomic E-state index is 13.6. The van der Waals surface area contributed by atoms with E-state index in [4.69, 9.17) is 9.47 Å². The molecule has 1 heterocycles. The fraction of sp³-hybridized carbons (Fsp3) is 0.448. The average Bonchev–Trinajstić information content (AvgIpc) is 3.32. The summed E-state index contributed by atoms with van der Waals surface area (Å²) in [4.78, 5) is 27.3. The standard InChI is InChI=1S/C29H36N2O6S/c1-3-36-28(32)27-19-22(2)18-24(27)14-15-25-20-30(29(33)37-21-23-10-6-4-7-11-23)16-17-31(25)38(34,35)26-12-8-5-9-13-26/h4-13,24-25,27H,2-3,14-21H2,1H3/t24?,25-,27?/m0/s1. The molecule has 0 N–H and O–H groups in total. The molecule has 1 saturated heterocycles. The van der Waals surface area contributed by atoms with Crippen LogP contribution in [0, 0.1) is 11.8 Å². The molecule has 2 aromatic rings. The second-order valence-corrected chi connectivity index (χ2v) is 11.8. The lowest BCUT2D eigenvalue weighted by Gasteiger charge is -2.40. The van der Waals surface area contributed by atoms with Gasteiger partial charge in [-0.05, 0) is 56.2 Å². The Bertz CT molecular complexity index is 1220. The van der Waals surface area contributed by atoms with Crippen molar-refractivity contribution in [2.75, 3.05) is 26.2 Å². The van der Waals surface area contributed by atoms with Gasteiger partial charge in [0.2, 0.25) is 10.0 Å². The van der Waals surface area contributed by atoms with Crippen molar-refractivity contribution in [3.63, 3.8) is 0 Å². The van der Waals surface area contributed by atoms with Gasteiger partial charge in [0.1, 0.15) is 6.61 Å². The molecule has 9 heteroatoms. The molecule has 204 valence electrons. The maximum Gasteiger partial charge on any atom is 0.410 e. The van der Waals surface area contributed by atoms with Crippen molar-refractivity contribution >= 4 is 22.1 Å². The van der Waals surface area contributed by atoms with Crippen molar-refractivity contribution in [3.8, 4) is 0 Å². The first-order valence-electron chi connectivity index (χ1n) is 13.2. The second kappa shape index (κ2) is 12.6. The molecule has 8 nitrogen and oxygen atoms in total. The summed E-state index contributed by atoms with van der Waals surface area (Å²) < 4.78 is 39.5. The smallest absolute Gasteiger partial charge is 0.410 e. The number of benzene rings is 2. The van der Waals surface area contributed by atoms with Gasteiger partial charge in [-0.15, -0.1) is 0 Å². The highest BCUT2D eigenvalue weighted by atomic mass is 32.2. The van der Waals surface area contributed by atoms with Crippen molar-refractivity contribution in [1.29, 1.82) is 0 Å². The molecule has 0 spiro atoms. The van der Waals surface area contributed by atoms with E-state index < -0.39 is 22.2 Å². The van der Waals surface area contributed by atoms with Crippen molar-refractivity contribution in [3.05, 3.63) is 78.4 Å². The minimum absolute atomic E-state index is 0.0308. The van der Waals surface area contributed by atoms with Crippen molar-refractivity contribution in [2.24, 2.45) is 11.8 Å². The Morgan fingerprint density at radius 3 is 2.32 bits per heavy atom. The summed E-state index contributed by atoms with van der Waals surface area (Å²) in [6.07, 6.45) is 1.97. The Kier molecular flexibility index (Phi) is 9.22. The predicted molar refractivity (Wildman–Crippen MR) is 144 cm³/mol.